The van der Waals surface area contributed by atoms with Gasteiger partial charge in [0.2, 0.25) is 11.8 Å². The van der Waals surface area contributed by atoms with Crippen molar-refractivity contribution in [3.63, 3.8) is 0 Å². The number of carboxylic acids is 1. The Hall–Kier alpha value is -1.85. The van der Waals surface area contributed by atoms with Crippen molar-refractivity contribution in [1.82, 2.24) is 10.2 Å². The zero-order chi connectivity index (χ0) is 15.1. The molecule has 0 bridgehead atoms. The van der Waals surface area contributed by atoms with Gasteiger partial charge in [0.1, 0.15) is 0 Å². The van der Waals surface area contributed by atoms with Crippen molar-refractivity contribution >= 4 is 17.8 Å². The van der Waals surface area contributed by atoms with Gasteiger partial charge in [0.25, 0.3) is 0 Å². The van der Waals surface area contributed by atoms with E-state index in [-0.39, 0.29) is 18.4 Å². The molecule has 1 aliphatic rings. The Kier molecular flexibility index (Phi) is 6.21. The van der Waals surface area contributed by atoms with Crippen LogP contribution in [-0.4, -0.2) is 47.4 Å². The molecule has 1 rings (SSSR count). The van der Waals surface area contributed by atoms with Crippen molar-refractivity contribution in [2.24, 2.45) is 11.8 Å². The van der Waals surface area contributed by atoms with E-state index in [1.165, 1.54) is 0 Å². The second-order valence-electron chi connectivity index (χ2n) is 4.78. The van der Waals surface area contributed by atoms with Crippen LogP contribution < -0.4 is 5.32 Å². The van der Waals surface area contributed by atoms with Gasteiger partial charge in [-0.25, -0.2) is 0 Å². The molecule has 2 N–H and O–H groups in total. The molecule has 0 fully saturated rings. The highest BCUT2D eigenvalue weighted by atomic mass is 16.4. The van der Waals surface area contributed by atoms with Gasteiger partial charge < -0.3 is 15.3 Å². The highest BCUT2D eigenvalue weighted by molar-refractivity contribution is 5.88. The fourth-order valence-corrected chi connectivity index (χ4v) is 2.36. The molecule has 0 saturated carbocycles. The minimum Gasteiger partial charge on any atom is -0.481 e. The standard InChI is InChI=1S/C14H22N2O4/c1-3-16(4-2)12(17)9-15-13(18)10-7-5-6-8-11(10)14(19)20/h5-6,10-11H,3-4,7-9H2,1-2H3,(H,15,18)(H,19,20). The minimum atomic E-state index is -0.968. The second kappa shape index (κ2) is 7.67. The van der Waals surface area contributed by atoms with Crippen molar-refractivity contribution < 1.29 is 19.5 Å². The summed E-state index contributed by atoms with van der Waals surface area (Å²) in [6.45, 7) is 4.85. The first-order valence-corrected chi connectivity index (χ1v) is 6.94. The van der Waals surface area contributed by atoms with Gasteiger partial charge in [0.15, 0.2) is 0 Å². The summed E-state index contributed by atoms with van der Waals surface area (Å²) < 4.78 is 0. The average molecular weight is 282 g/mol. The number of amides is 2. The molecule has 6 nitrogen and oxygen atoms in total. The Morgan fingerprint density at radius 3 is 2.20 bits per heavy atom. The van der Waals surface area contributed by atoms with Crippen LogP contribution in [0.3, 0.4) is 0 Å². The van der Waals surface area contributed by atoms with E-state index in [9.17, 15) is 14.4 Å². The molecule has 0 radical (unpaired) electrons. The summed E-state index contributed by atoms with van der Waals surface area (Å²) in [7, 11) is 0. The molecule has 0 saturated heterocycles. The van der Waals surface area contributed by atoms with E-state index in [0.29, 0.717) is 25.9 Å². The lowest BCUT2D eigenvalue weighted by Gasteiger charge is -2.25. The zero-order valence-corrected chi connectivity index (χ0v) is 12.0. The lowest BCUT2D eigenvalue weighted by atomic mass is 9.82. The fraction of sp³-hybridized carbons (Fsp3) is 0.643. The summed E-state index contributed by atoms with van der Waals surface area (Å²) in [4.78, 5) is 36.6. The first-order valence-electron chi connectivity index (χ1n) is 6.94. The van der Waals surface area contributed by atoms with Crippen LogP contribution in [0, 0.1) is 11.8 Å². The number of carbonyl (C=O) groups is 3. The number of carbonyl (C=O) groups excluding carboxylic acids is 2. The quantitative estimate of drug-likeness (QED) is 0.700. The number of nitrogens with zero attached hydrogens (tertiary/aromatic N) is 1. The molecule has 0 heterocycles. The molecule has 0 aromatic heterocycles. The monoisotopic (exact) mass is 282 g/mol. The Morgan fingerprint density at radius 2 is 1.70 bits per heavy atom. The fourth-order valence-electron chi connectivity index (χ4n) is 2.36. The molecule has 112 valence electrons. The van der Waals surface area contributed by atoms with Crippen LogP contribution >= 0.6 is 0 Å². The van der Waals surface area contributed by atoms with E-state index >= 15 is 0 Å². The summed E-state index contributed by atoms with van der Waals surface area (Å²) in [5.74, 6) is -2.78. The zero-order valence-electron chi connectivity index (χ0n) is 12.0. The Balaban J connectivity index is 2.55. The summed E-state index contributed by atoms with van der Waals surface area (Å²) >= 11 is 0. The van der Waals surface area contributed by atoms with Crippen LogP contribution in [0.25, 0.3) is 0 Å². The molecule has 2 atom stereocenters. The first-order chi connectivity index (χ1) is 9.51. The van der Waals surface area contributed by atoms with Crippen molar-refractivity contribution in [2.75, 3.05) is 19.6 Å². The van der Waals surface area contributed by atoms with Gasteiger partial charge in [-0.1, -0.05) is 12.2 Å². The van der Waals surface area contributed by atoms with Crippen LogP contribution in [-0.2, 0) is 14.4 Å². The summed E-state index contributed by atoms with van der Waals surface area (Å²) in [5.41, 5.74) is 0. The molecule has 0 aromatic rings. The van der Waals surface area contributed by atoms with Gasteiger partial charge in [-0.05, 0) is 26.7 Å². The predicted octanol–water partition coefficient (Wildman–Crippen LogP) is 0.638. The topological polar surface area (TPSA) is 86.7 Å². The molecule has 6 heteroatoms. The Bertz CT molecular complexity index is 402. The van der Waals surface area contributed by atoms with Gasteiger partial charge >= 0.3 is 5.97 Å². The molecule has 2 unspecified atom stereocenters. The predicted molar refractivity (Wildman–Crippen MR) is 73.9 cm³/mol. The average Bonchev–Trinajstić information content (AvgIpc) is 2.46. The van der Waals surface area contributed by atoms with E-state index < -0.39 is 17.8 Å². The number of nitrogens with one attached hydrogen (secondary N) is 1. The van der Waals surface area contributed by atoms with Gasteiger partial charge in [-0.15, -0.1) is 0 Å². The molecule has 1 aliphatic carbocycles. The van der Waals surface area contributed by atoms with Gasteiger partial charge in [0, 0.05) is 13.1 Å². The Labute approximate surface area is 118 Å². The maximum atomic E-state index is 12.0. The Morgan fingerprint density at radius 1 is 1.15 bits per heavy atom. The van der Waals surface area contributed by atoms with Gasteiger partial charge in [-0.2, -0.15) is 0 Å². The normalized spacial score (nSPS) is 21.3. The first kappa shape index (κ1) is 16.2. The van der Waals surface area contributed by atoms with E-state index in [1.54, 1.807) is 11.0 Å². The third-order valence-corrected chi connectivity index (χ3v) is 3.62. The summed E-state index contributed by atoms with van der Waals surface area (Å²) in [6.07, 6.45) is 4.36. The third kappa shape index (κ3) is 4.08. The van der Waals surface area contributed by atoms with E-state index in [4.69, 9.17) is 5.11 Å². The van der Waals surface area contributed by atoms with Crippen molar-refractivity contribution in [3.8, 4) is 0 Å². The van der Waals surface area contributed by atoms with E-state index in [1.807, 2.05) is 19.9 Å². The van der Waals surface area contributed by atoms with E-state index in [2.05, 4.69) is 5.32 Å². The number of hydrogen-bond donors (Lipinski definition) is 2. The molecule has 0 aliphatic heterocycles. The number of aliphatic carboxylic acids is 1. The van der Waals surface area contributed by atoms with Gasteiger partial charge in [0.05, 0.1) is 18.4 Å². The van der Waals surface area contributed by atoms with Crippen LogP contribution in [0.2, 0.25) is 0 Å². The number of rotatable bonds is 6. The van der Waals surface area contributed by atoms with Crippen LogP contribution in [0.15, 0.2) is 12.2 Å². The minimum absolute atomic E-state index is 0.0763. The third-order valence-electron chi connectivity index (χ3n) is 3.62. The summed E-state index contributed by atoms with van der Waals surface area (Å²) in [6, 6.07) is 0. The van der Waals surface area contributed by atoms with Crippen LogP contribution in [0.1, 0.15) is 26.7 Å². The maximum absolute atomic E-state index is 12.0. The number of allylic oxidation sites excluding steroid dienone is 2. The highest BCUT2D eigenvalue weighted by Gasteiger charge is 2.34. The smallest absolute Gasteiger partial charge is 0.307 e. The maximum Gasteiger partial charge on any atom is 0.307 e. The number of hydrogen-bond acceptors (Lipinski definition) is 3. The lowest BCUT2D eigenvalue weighted by Crippen LogP contribution is -2.44. The van der Waals surface area contributed by atoms with Crippen molar-refractivity contribution in [1.29, 1.82) is 0 Å². The lowest BCUT2D eigenvalue weighted by molar-refractivity contribution is -0.147. The van der Waals surface area contributed by atoms with Gasteiger partial charge in [-0.3, -0.25) is 14.4 Å². The molecular formula is C14H22N2O4. The molecule has 0 aromatic carbocycles. The second-order valence-corrected chi connectivity index (χ2v) is 4.78. The number of carboxylic acid groups (broad SMARTS) is 1. The van der Waals surface area contributed by atoms with E-state index in [0.717, 1.165) is 0 Å². The molecule has 0 spiro atoms. The van der Waals surface area contributed by atoms with Crippen LogP contribution in [0.4, 0.5) is 0 Å². The highest BCUT2D eigenvalue weighted by Crippen LogP contribution is 2.25. The number of likely N-dealkylation sites (N-methyl/N-ethyl adjacent to an activating group) is 1. The molecule has 20 heavy (non-hydrogen) atoms. The summed E-state index contributed by atoms with van der Waals surface area (Å²) in [5, 5.41) is 11.7. The van der Waals surface area contributed by atoms with Crippen molar-refractivity contribution in [3.05, 3.63) is 12.2 Å². The molecule has 2 amide bonds. The van der Waals surface area contributed by atoms with Crippen molar-refractivity contribution in [2.45, 2.75) is 26.7 Å². The SMILES string of the molecule is CCN(CC)C(=O)CNC(=O)C1CC=CCC1C(=O)O. The van der Waals surface area contributed by atoms with Crippen LogP contribution in [0.5, 0.6) is 0 Å². The largest absolute Gasteiger partial charge is 0.481 e. The molecular weight excluding hydrogens is 260 g/mol.